The molecule has 0 bridgehead atoms. The van der Waals surface area contributed by atoms with Crippen LogP contribution in [0, 0.1) is 0 Å². The maximum atomic E-state index is 5.41. The zero-order valence-corrected chi connectivity index (χ0v) is 9.68. The van der Waals surface area contributed by atoms with Gasteiger partial charge < -0.3 is 14.3 Å². The van der Waals surface area contributed by atoms with Crippen molar-refractivity contribution in [2.45, 2.75) is 25.9 Å². The first kappa shape index (κ1) is 11.0. The molecule has 1 atom stereocenters. The van der Waals surface area contributed by atoms with Gasteiger partial charge in [0.05, 0.1) is 12.3 Å². The maximum absolute atomic E-state index is 5.41. The van der Waals surface area contributed by atoms with Gasteiger partial charge in [-0.25, -0.2) is 4.98 Å². The number of nitrogens with one attached hydrogen (secondary N) is 1. The van der Waals surface area contributed by atoms with E-state index in [1.54, 1.807) is 6.26 Å². The van der Waals surface area contributed by atoms with E-state index in [1.807, 2.05) is 31.6 Å². The third-order valence-corrected chi connectivity index (χ3v) is 2.76. The van der Waals surface area contributed by atoms with Crippen molar-refractivity contribution in [2.24, 2.45) is 0 Å². The molecule has 0 aromatic carbocycles. The van der Waals surface area contributed by atoms with E-state index in [0.29, 0.717) is 0 Å². The Morgan fingerprint density at radius 3 is 3.06 bits per heavy atom. The topological polar surface area (TPSA) is 43.0 Å². The van der Waals surface area contributed by atoms with E-state index in [2.05, 4.69) is 21.8 Å². The SMILES string of the molecule is CCn1ccnc1CC(NC)c1ccco1. The monoisotopic (exact) mass is 219 g/mol. The summed E-state index contributed by atoms with van der Waals surface area (Å²) < 4.78 is 7.56. The molecule has 2 heterocycles. The van der Waals surface area contributed by atoms with Gasteiger partial charge in [-0.3, -0.25) is 0 Å². The van der Waals surface area contributed by atoms with Crippen molar-refractivity contribution in [1.29, 1.82) is 0 Å². The van der Waals surface area contributed by atoms with Crippen LogP contribution in [0.3, 0.4) is 0 Å². The van der Waals surface area contributed by atoms with Crippen LogP contribution in [-0.4, -0.2) is 16.6 Å². The fourth-order valence-electron chi connectivity index (χ4n) is 1.83. The fourth-order valence-corrected chi connectivity index (χ4v) is 1.83. The Balaban J connectivity index is 2.13. The highest BCUT2D eigenvalue weighted by atomic mass is 16.3. The number of hydrogen-bond donors (Lipinski definition) is 1. The minimum atomic E-state index is 0.183. The molecule has 0 spiro atoms. The normalized spacial score (nSPS) is 12.9. The van der Waals surface area contributed by atoms with Crippen molar-refractivity contribution >= 4 is 0 Å². The van der Waals surface area contributed by atoms with Gasteiger partial charge in [0.1, 0.15) is 11.6 Å². The molecule has 86 valence electrons. The van der Waals surface area contributed by atoms with E-state index in [1.165, 1.54) is 0 Å². The predicted octanol–water partition coefficient (Wildman–Crippen LogP) is 2.00. The molecule has 1 N–H and O–H groups in total. The lowest BCUT2D eigenvalue weighted by Gasteiger charge is -2.13. The summed E-state index contributed by atoms with van der Waals surface area (Å²) in [6, 6.07) is 4.08. The van der Waals surface area contributed by atoms with E-state index in [9.17, 15) is 0 Å². The highest BCUT2D eigenvalue weighted by molar-refractivity contribution is 5.08. The largest absolute Gasteiger partial charge is 0.468 e. The van der Waals surface area contributed by atoms with Crippen LogP contribution in [0.5, 0.6) is 0 Å². The molecule has 16 heavy (non-hydrogen) atoms. The van der Waals surface area contributed by atoms with Crippen molar-refractivity contribution in [2.75, 3.05) is 7.05 Å². The summed E-state index contributed by atoms with van der Waals surface area (Å²) in [5.74, 6) is 2.03. The summed E-state index contributed by atoms with van der Waals surface area (Å²) in [4.78, 5) is 4.37. The van der Waals surface area contributed by atoms with Gasteiger partial charge >= 0.3 is 0 Å². The van der Waals surface area contributed by atoms with Crippen molar-refractivity contribution < 1.29 is 4.42 Å². The number of hydrogen-bond acceptors (Lipinski definition) is 3. The van der Waals surface area contributed by atoms with E-state index in [-0.39, 0.29) is 6.04 Å². The second kappa shape index (κ2) is 4.99. The Bertz CT molecular complexity index is 419. The van der Waals surface area contributed by atoms with Crippen molar-refractivity contribution in [3.63, 3.8) is 0 Å². The first-order chi connectivity index (χ1) is 7.85. The average molecular weight is 219 g/mol. The Morgan fingerprint density at radius 2 is 2.44 bits per heavy atom. The molecule has 0 fully saturated rings. The highest BCUT2D eigenvalue weighted by Crippen LogP contribution is 2.17. The van der Waals surface area contributed by atoms with Crippen LogP contribution in [0.1, 0.15) is 24.6 Å². The molecule has 4 nitrogen and oxygen atoms in total. The molecule has 2 rings (SSSR count). The van der Waals surface area contributed by atoms with E-state index in [4.69, 9.17) is 4.42 Å². The number of likely N-dealkylation sites (N-methyl/N-ethyl adjacent to an activating group) is 1. The molecule has 0 aliphatic heterocycles. The lowest BCUT2D eigenvalue weighted by molar-refractivity contribution is 0.421. The molecule has 4 heteroatoms. The van der Waals surface area contributed by atoms with Crippen molar-refractivity contribution in [1.82, 2.24) is 14.9 Å². The standard InChI is InChI=1S/C12H17N3O/c1-3-15-7-6-14-12(15)9-10(13-2)11-5-4-8-16-11/h4-8,10,13H,3,9H2,1-2H3. The van der Waals surface area contributed by atoms with E-state index < -0.39 is 0 Å². The summed E-state index contributed by atoms with van der Waals surface area (Å²) in [7, 11) is 1.94. The van der Waals surface area contributed by atoms with E-state index in [0.717, 1.165) is 24.6 Å². The maximum Gasteiger partial charge on any atom is 0.121 e. The molecule has 0 saturated carbocycles. The second-order valence-electron chi connectivity index (χ2n) is 3.69. The zero-order chi connectivity index (χ0) is 11.4. The van der Waals surface area contributed by atoms with Crippen LogP contribution < -0.4 is 5.32 Å². The van der Waals surface area contributed by atoms with Crippen LogP contribution in [0.15, 0.2) is 35.2 Å². The molecule has 2 aromatic heterocycles. The second-order valence-corrected chi connectivity index (χ2v) is 3.69. The summed E-state index contributed by atoms with van der Waals surface area (Å²) in [6.07, 6.45) is 6.38. The average Bonchev–Trinajstić information content (AvgIpc) is 2.96. The quantitative estimate of drug-likeness (QED) is 0.836. The van der Waals surface area contributed by atoms with Gasteiger partial charge in [0, 0.05) is 25.4 Å². The number of furan rings is 1. The smallest absolute Gasteiger partial charge is 0.121 e. The lowest BCUT2D eigenvalue weighted by Crippen LogP contribution is -2.20. The summed E-state index contributed by atoms with van der Waals surface area (Å²) in [5.41, 5.74) is 0. The molecular formula is C12H17N3O. The van der Waals surface area contributed by atoms with Gasteiger partial charge in [-0.15, -0.1) is 0 Å². The molecule has 2 aromatic rings. The third kappa shape index (κ3) is 2.17. The molecule has 0 radical (unpaired) electrons. The van der Waals surface area contributed by atoms with Gasteiger partial charge in [-0.1, -0.05) is 0 Å². The minimum absolute atomic E-state index is 0.183. The minimum Gasteiger partial charge on any atom is -0.468 e. The number of aromatic nitrogens is 2. The molecule has 1 unspecified atom stereocenters. The first-order valence-corrected chi connectivity index (χ1v) is 5.55. The van der Waals surface area contributed by atoms with E-state index >= 15 is 0 Å². The Morgan fingerprint density at radius 1 is 1.56 bits per heavy atom. The molecule has 0 amide bonds. The lowest BCUT2D eigenvalue weighted by atomic mass is 10.1. The summed E-state index contributed by atoms with van der Waals surface area (Å²) in [6.45, 7) is 3.07. The Hall–Kier alpha value is -1.55. The number of imidazole rings is 1. The van der Waals surface area contributed by atoms with Gasteiger partial charge in [0.15, 0.2) is 0 Å². The zero-order valence-electron chi connectivity index (χ0n) is 9.68. The molecule has 0 saturated heterocycles. The van der Waals surface area contributed by atoms with Crippen molar-refractivity contribution in [3.05, 3.63) is 42.4 Å². The summed E-state index contributed by atoms with van der Waals surface area (Å²) >= 11 is 0. The van der Waals surface area contributed by atoms with Crippen LogP contribution >= 0.6 is 0 Å². The molecular weight excluding hydrogens is 202 g/mol. The predicted molar refractivity (Wildman–Crippen MR) is 62.1 cm³/mol. The van der Waals surface area contributed by atoms with Gasteiger partial charge in [0.25, 0.3) is 0 Å². The van der Waals surface area contributed by atoms with Gasteiger partial charge in [0.2, 0.25) is 0 Å². The number of rotatable bonds is 5. The Kier molecular flexibility index (Phi) is 3.41. The van der Waals surface area contributed by atoms with Crippen molar-refractivity contribution in [3.8, 4) is 0 Å². The van der Waals surface area contributed by atoms with Crippen LogP contribution in [0.2, 0.25) is 0 Å². The molecule has 0 aliphatic carbocycles. The van der Waals surface area contributed by atoms with Gasteiger partial charge in [-0.2, -0.15) is 0 Å². The van der Waals surface area contributed by atoms with Gasteiger partial charge in [-0.05, 0) is 26.1 Å². The first-order valence-electron chi connectivity index (χ1n) is 5.55. The summed E-state index contributed by atoms with van der Waals surface area (Å²) in [5, 5.41) is 3.25. The van der Waals surface area contributed by atoms with Crippen LogP contribution in [0.4, 0.5) is 0 Å². The van der Waals surface area contributed by atoms with Crippen LogP contribution in [0.25, 0.3) is 0 Å². The number of aryl methyl sites for hydroxylation is 1. The third-order valence-electron chi connectivity index (χ3n) is 2.76. The van der Waals surface area contributed by atoms with Crippen LogP contribution in [-0.2, 0) is 13.0 Å². The molecule has 0 aliphatic rings. The fraction of sp³-hybridized carbons (Fsp3) is 0.417. The Labute approximate surface area is 95.3 Å². The number of nitrogens with zero attached hydrogens (tertiary/aromatic N) is 2. The highest BCUT2D eigenvalue weighted by Gasteiger charge is 2.15.